The van der Waals surface area contributed by atoms with Crippen molar-refractivity contribution < 1.29 is 0 Å². The second-order valence-corrected chi connectivity index (χ2v) is 4.84. The van der Waals surface area contributed by atoms with Crippen molar-refractivity contribution in [2.45, 2.75) is 6.92 Å². The van der Waals surface area contributed by atoms with Crippen LogP contribution in [-0.2, 0) is 0 Å². The fourth-order valence-corrected chi connectivity index (χ4v) is 2.26. The van der Waals surface area contributed by atoms with Crippen molar-refractivity contribution in [3.63, 3.8) is 0 Å². The number of anilines is 1. The van der Waals surface area contributed by atoms with E-state index in [0.717, 1.165) is 43.4 Å². The van der Waals surface area contributed by atoms with Crippen LogP contribution in [0.5, 0.6) is 0 Å². The molecule has 0 bridgehead atoms. The molecule has 98 valence electrons. The molecule has 1 N–H and O–H groups in total. The third-order valence-corrected chi connectivity index (χ3v) is 3.39. The molecule has 4 nitrogen and oxygen atoms in total. The van der Waals surface area contributed by atoms with E-state index in [1.54, 1.807) is 0 Å². The molecule has 4 heteroatoms. The van der Waals surface area contributed by atoms with Crippen molar-refractivity contribution in [1.29, 1.82) is 0 Å². The zero-order chi connectivity index (χ0) is 13.1. The van der Waals surface area contributed by atoms with Crippen LogP contribution in [0.4, 0.5) is 5.82 Å². The number of aromatic nitrogens is 2. The maximum absolute atomic E-state index is 4.68. The Labute approximate surface area is 113 Å². The van der Waals surface area contributed by atoms with Crippen LogP contribution >= 0.6 is 0 Å². The van der Waals surface area contributed by atoms with E-state index in [4.69, 9.17) is 0 Å². The summed E-state index contributed by atoms with van der Waals surface area (Å²) in [6.45, 7) is 6.13. The van der Waals surface area contributed by atoms with Gasteiger partial charge in [-0.25, -0.2) is 9.97 Å². The highest BCUT2D eigenvalue weighted by Gasteiger charge is 2.12. The molecule has 1 aliphatic heterocycles. The summed E-state index contributed by atoms with van der Waals surface area (Å²) in [6, 6.07) is 10.3. The zero-order valence-corrected chi connectivity index (χ0v) is 11.1. The van der Waals surface area contributed by atoms with E-state index in [-0.39, 0.29) is 0 Å². The molecule has 1 aromatic heterocycles. The number of nitrogens with zero attached hydrogens (tertiary/aromatic N) is 3. The van der Waals surface area contributed by atoms with Gasteiger partial charge in [0, 0.05) is 37.9 Å². The van der Waals surface area contributed by atoms with Crippen LogP contribution in [-0.4, -0.2) is 36.1 Å². The minimum absolute atomic E-state index is 0.802. The summed E-state index contributed by atoms with van der Waals surface area (Å²) in [5.41, 5.74) is 2.32. The number of benzene rings is 1. The molecular weight excluding hydrogens is 236 g/mol. The number of hydrogen-bond acceptors (Lipinski definition) is 4. The van der Waals surface area contributed by atoms with Gasteiger partial charge in [-0.1, -0.05) is 29.8 Å². The monoisotopic (exact) mass is 254 g/mol. The number of piperazine rings is 1. The molecule has 1 fully saturated rings. The average molecular weight is 254 g/mol. The lowest BCUT2D eigenvalue weighted by molar-refractivity contribution is 0.585. The molecule has 0 radical (unpaired) electrons. The Morgan fingerprint density at radius 2 is 1.79 bits per heavy atom. The maximum atomic E-state index is 4.68. The molecule has 0 atom stereocenters. The lowest BCUT2D eigenvalue weighted by Gasteiger charge is -2.28. The lowest BCUT2D eigenvalue weighted by Crippen LogP contribution is -2.43. The van der Waals surface area contributed by atoms with Crippen molar-refractivity contribution in [1.82, 2.24) is 15.3 Å². The summed E-state index contributed by atoms with van der Waals surface area (Å²) >= 11 is 0. The highest BCUT2D eigenvalue weighted by Crippen LogP contribution is 2.19. The molecule has 0 amide bonds. The summed E-state index contributed by atoms with van der Waals surface area (Å²) < 4.78 is 0. The van der Waals surface area contributed by atoms with Crippen molar-refractivity contribution in [3.8, 4) is 11.4 Å². The Kier molecular flexibility index (Phi) is 3.42. The van der Waals surface area contributed by atoms with Crippen molar-refractivity contribution in [3.05, 3.63) is 42.1 Å². The van der Waals surface area contributed by atoms with Crippen LogP contribution in [0.15, 0.2) is 36.5 Å². The highest BCUT2D eigenvalue weighted by atomic mass is 15.2. The second-order valence-electron chi connectivity index (χ2n) is 4.84. The summed E-state index contributed by atoms with van der Waals surface area (Å²) in [5, 5.41) is 3.35. The molecule has 0 unspecified atom stereocenters. The summed E-state index contributed by atoms with van der Waals surface area (Å²) in [7, 11) is 0. The van der Waals surface area contributed by atoms with Crippen LogP contribution in [0.25, 0.3) is 11.4 Å². The molecule has 1 aromatic carbocycles. The van der Waals surface area contributed by atoms with E-state index in [1.165, 1.54) is 5.56 Å². The molecule has 1 saturated heterocycles. The predicted octanol–water partition coefficient (Wildman–Crippen LogP) is 1.86. The fourth-order valence-electron chi connectivity index (χ4n) is 2.26. The maximum Gasteiger partial charge on any atom is 0.161 e. The van der Waals surface area contributed by atoms with Gasteiger partial charge < -0.3 is 10.2 Å². The second kappa shape index (κ2) is 5.36. The first-order chi connectivity index (χ1) is 9.33. The van der Waals surface area contributed by atoms with Crippen LogP contribution in [0.3, 0.4) is 0 Å². The van der Waals surface area contributed by atoms with Crippen molar-refractivity contribution in [2.24, 2.45) is 0 Å². The first-order valence-electron chi connectivity index (χ1n) is 6.69. The van der Waals surface area contributed by atoms with Gasteiger partial charge in [-0.15, -0.1) is 0 Å². The fraction of sp³-hybridized carbons (Fsp3) is 0.333. The summed E-state index contributed by atoms with van der Waals surface area (Å²) in [5.74, 6) is 1.82. The van der Waals surface area contributed by atoms with Gasteiger partial charge in [-0.05, 0) is 13.0 Å². The molecule has 2 heterocycles. The minimum atomic E-state index is 0.802. The van der Waals surface area contributed by atoms with Crippen LogP contribution < -0.4 is 10.2 Å². The zero-order valence-electron chi connectivity index (χ0n) is 11.1. The number of rotatable bonds is 2. The van der Waals surface area contributed by atoms with Gasteiger partial charge >= 0.3 is 0 Å². The molecule has 19 heavy (non-hydrogen) atoms. The van der Waals surface area contributed by atoms with E-state index in [1.807, 2.05) is 12.3 Å². The summed E-state index contributed by atoms with van der Waals surface area (Å²) in [6.07, 6.45) is 1.85. The van der Waals surface area contributed by atoms with Crippen LogP contribution in [0.2, 0.25) is 0 Å². The van der Waals surface area contributed by atoms with E-state index >= 15 is 0 Å². The molecule has 3 rings (SSSR count). The quantitative estimate of drug-likeness (QED) is 0.888. The van der Waals surface area contributed by atoms with E-state index in [2.05, 4.69) is 51.4 Å². The van der Waals surface area contributed by atoms with E-state index < -0.39 is 0 Å². The van der Waals surface area contributed by atoms with Gasteiger partial charge in [0.15, 0.2) is 5.82 Å². The average Bonchev–Trinajstić information content (AvgIpc) is 2.49. The normalized spacial score (nSPS) is 15.5. The highest BCUT2D eigenvalue weighted by molar-refractivity contribution is 5.57. The van der Waals surface area contributed by atoms with Gasteiger partial charge in [0.2, 0.25) is 0 Å². The standard InChI is InChI=1S/C15H18N4/c1-12-2-4-13(5-3-12)15-17-7-6-14(18-15)19-10-8-16-9-11-19/h2-7,16H,8-11H2,1H3. The minimum Gasteiger partial charge on any atom is -0.354 e. The topological polar surface area (TPSA) is 41.1 Å². The van der Waals surface area contributed by atoms with Gasteiger partial charge in [-0.3, -0.25) is 0 Å². The largest absolute Gasteiger partial charge is 0.354 e. The Balaban J connectivity index is 1.88. The molecule has 0 saturated carbocycles. The molecular formula is C15H18N4. The third-order valence-electron chi connectivity index (χ3n) is 3.39. The molecule has 0 aliphatic carbocycles. The predicted molar refractivity (Wildman–Crippen MR) is 77.3 cm³/mol. The number of nitrogens with one attached hydrogen (secondary N) is 1. The first kappa shape index (κ1) is 12.1. The summed E-state index contributed by atoms with van der Waals surface area (Å²) in [4.78, 5) is 11.4. The molecule has 2 aromatic rings. The van der Waals surface area contributed by atoms with Gasteiger partial charge in [0.05, 0.1) is 0 Å². The van der Waals surface area contributed by atoms with Gasteiger partial charge in [0.25, 0.3) is 0 Å². The Morgan fingerprint density at radius 3 is 2.53 bits per heavy atom. The Bertz CT molecular complexity index is 544. The smallest absolute Gasteiger partial charge is 0.161 e. The number of hydrogen-bond donors (Lipinski definition) is 1. The molecule has 1 aliphatic rings. The van der Waals surface area contributed by atoms with Crippen LogP contribution in [0, 0.1) is 6.92 Å². The van der Waals surface area contributed by atoms with Crippen molar-refractivity contribution >= 4 is 5.82 Å². The lowest BCUT2D eigenvalue weighted by atomic mass is 10.1. The Hall–Kier alpha value is -1.94. The van der Waals surface area contributed by atoms with Gasteiger partial charge in [-0.2, -0.15) is 0 Å². The van der Waals surface area contributed by atoms with E-state index in [9.17, 15) is 0 Å². The van der Waals surface area contributed by atoms with Gasteiger partial charge in [0.1, 0.15) is 5.82 Å². The Morgan fingerprint density at radius 1 is 1.05 bits per heavy atom. The SMILES string of the molecule is Cc1ccc(-c2nccc(N3CCNCC3)n2)cc1. The van der Waals surface area contributed by atoms with Crippen molar-refractivity contribution in [2.75, 3.05) is 31.1 Å². The van der Waals surface area contributed by atoms with E-state index in [0.29, 0.717) is 0 Å². The van der Waals surface area contributed by atoms with Crippen LogP contribution in [0.1, 0.15) is 5.56 Å². The first-order valence-corrected chi connectivity index (χ1v) is 6.69. The molecule has 0 spiro atoms. The number of aryl methyl sites for hydroxylation is 1. The third kappa shape index (κ3) is 2.74.